The molecule has 100 valence electrons. The average Bonchev–Trinajstić information content (AvgIpc) is 2.39. The summed E-state index contributed by atoms with van der Waals surface area (Å²) in [7, 11) is -3.70. The zero-order chi connectivity index (χ0) is 13.9. The van der Waals surface area contributed by atoms with E-state index in [0.717, 1.165) is 0 Å². The van der Waals surface area contributed by atoms with E-state index in [2.05, 4.69) is 4.72 Å². The van der Waals surface area contributed by atoms with Gasteiger partial charge >= 0.3 is 0 Å². The van der Waals surface area contributed by atoms with Crippen LogP contribution in [0.15, 0.2) is 53.4 Å². The molecule has 0 aliphatic rings. The number of anilines is 1. The first-order valence-electron chi connectivity index (χ1n) is 5.45. The van der Waals surface area contributed by atoms with Crippen molar-refractivity contribution in [2.24, 2.45) is 0 Å². The molecule has 2 aromatic carbocycles. The van der Waals surface area contributed by atoms with Crippen LogP contribution in [0.3, 0.4) is 0 Å². The standard InChI is InChI=1S/C13H11Cl2NO2S/c14-9-10-6-7-11(15)8-13(10)19(17,18)16-12-4-2-1-3-5-12/h1-8,16H,9H2. The number of sulfonamides is 1. The Labute approximate surface area is 122 Å². The molecule has 1 N–H and O–H groups in total. The normalized spacial score (nSPS) is 11.3. The van der Waals surface area contributed by atoms with Crippen LogP contribution in [0.1, 0.15) is 5.56 Å². The van der Waals surface area contributed by atoms with E-state index >= 15 is 0 Å². The quantitative estimate of drug-likeness (QED) is 0.870. The van der Waals surface area contributed by atoms with Gasteiger partial charge < -0.3 is 0 Å². The molecule has 0 spiro atoms. The minimum atomic E-state index is -3.70. The van der Waals surface area contributed by atoms with Crippen molar-refractivity contribution in [1.82, 2.24) is 0 Å². The van der Waals surface area contributed by atoms with Crippen LogP contribution in [0.25, 0.3) is 0 Å². The molecule has 0 radical (unpaired) electrons. The Balaban J connectivity index is 2.42. The number of halogens is 2. The van der Waals surface area contributed by atoms with Crippen LogP contribution in [-0.2, 0) is 15.9 Å². The van der Waals surface area contributed by atoms with Crippen LogP contribution >= 0.6 is 23.2 Å². The van der Waals surface area contributed by atoms with Crippen molar-refractivity contribution < 1.29 is 8.42 Å². The third-order valence-electron chi connectivity index (χ3n) is 2.49. The van der Waals surface area contributed by atoms with Gasteiger partial charge in [0.1, 0.15) is 0 Å². The summed E-state index contributed by atoms with van der Waals surface area (Å²) in [6.07, 6.45) is 0. The summed E-state index contributed by atoms with van der Waals surface area (Å²) in [5.74, 6) is 0.0994. The van der Waals surface area contributed by atoms with Crippen molar-refractivity contribution in [2.75, 3.05) is 4.72 Å². The van der Waals surface area contributed by atoms with Gasteiger partial charge in [-0.2, -0.15) is 0 Å². The van der Waals surface area contributed by atoms with E-state index in [1.165, 1.54) is 6.07 Å². The number of nitrogens with one attached hydrogen (secondary N) is 1. The highest BCUT2D eigenvalue weighted by molar-refractivity contribution is 7.92. The molecule has 19 heavy (non-hydrogen) atoms. The molecule has 0 saturated heterocycles. The van der Waals surface area contributed by atoms with E-state index in [4.69, 9.17) is 23.2 Å². The van der Waals surface area contributed by atoms with Crippen LogP contribution in [-0.4, -0.2) is 8.42 Å². The summed E-state index contributed by atoms with van der Waals surface area (Å²) < 4.78 is 27.1. The third-order valence-corrected chi connectivity index (χ3v) is 4.48. The molecule has 0 aliphatic carbocycles. The minimum Gasteiger partial charge on any atom is -0.280 e. The third kappa shape index (κ3) is 3.41. The van der Waals surface area contributed by atoms with Crippen LogP contribution in [0.2, 0.25) is 5.02 Å². The maximum absolute atomic E-state index is 12.3. The van der Waals surface area contributed by atoms with Crippen molar-refractivity contribution in [3.63, 3.8) is 0 Å². The predicted molar refractivity (Wildman–Crippen MR) is 78.3 cm³/mol. The Morgan fingerprint density at radius 3 is 2.37 bits per heavy atom. The van der Waals surface area contributed by atoms with Crippen molar-refractivity contribution in [2.45, 2.75) is 10.8 Å². The Morgan fingerprint density at radius 2 is 1.74 bits per heavy atom. The van der Waals surface area contributed by atoms with Crippen molar-refractivity contribution in [3.8, 4) is 0 Å². The number of rotatable bonds is 4. The minimum absolute atomic E-state index is 0.0962. The van der Waals surface area contributed by atoms with Gasteiger partial charge in [0.15, 0.2) is 0 Å². The molecule has 0 fully saturated rings. The zero-order valence-electron chi connectivity index (χ0n) is 9.81. The second-order valence-electron chi connectivity index (χ2n) is 3.86. The van der Waals surface area contributed by atoms with Gasteiger partial charge in [-0.15, -0.1) is 11.6 Å². The molecule has 0 unspecified atom stereocenters. The van der Waals surface area contributed by atoms with Gasteiger partial charge in [0, 0.05) is 16.6 Å². The Morgan fingerprint density at radius 1 is 1.05 bits per heavy atom. The first-order valence-corrected chi connectivity index (χ1v) is 7.85. The highest BCUT2D eigenvalue weighted by Crippen LogP contribution is 2.24. The molecule has 6 heteroatoms. The number of para-hydroxylation sites is 1. The molecular formula is C13H11Cl2NO2S. The van der Waals surface area contributed by atoms with Gasteiger partial charge in [-0.25, -0.2) is 8.42 Å². The fourth-order valence-electron chi connectivity index (χ4n) is 1.61. The molecule has 2 rings (SSSR count). The fraction of sp³-hybridized carbons (Fsp3) is 0.0769. The topological polar surface area (TPSA) is 46.2 Å². The lowest BCUT2D eigenvalue weighted by Crippen LogP contribution is -2.14. The predicted octanol–water partition coefficient (Wildman–Crippen LogP) is 3.88. The van der Waals surface area contributed by atoms with Crippen LogP contribution < -0.4 is 4.72 Å². The smallest absolute Gasteiger partial charge is 0.262 e. The summed E-state index contributed by atoms with van der Waals surface area (Å²) in [5, 5.41) is 0.349. The van der Waals surface area contributed by atoms with Gasteiger partial charge in [-0.3, -0.25) is 4.72 Å². The van der Waals surface area contributed by atoms with E-state index < -0.39 is 10.0 Å². The average molecular weight is 316 g/mol. The number of benzene rings is 2. The lowest BCUT2D eigenvalue weighted by atomic mass is 10.2. The summed E-state index contributed by atoms with van der Waals surface area (Å²) in [6, 6.07) is 13.3. The molecule has 0 atom stereocenters. The maximum Gasteiger partial charge on any atom is 0.262 e. The van der Waals surface area contributed by atoms with Crippen molar-refractivity contribution in [1.29, 1.82) is 0 Å². The Bertz CT molecular complexity index is 672. The van der Waals surface area contributed by atoms with Crippen LogP contribution in [0, 0.1) is 0 Å². The second kappa shape index (κ2) is 5.82. The summed E-state index contributed by atoms with van der Waals surface area (Å²) in [4.78, 5) is 0.0962. The van der Waals surface area contributed by atoms with Gasteiger partial charge in [-0.05, 0) is 29.8 Å². The first-order chi connectivity index (χ1) is 9.03. The Kier molecular flexibility index (Phi) is 4.34. The highest BCUT2D eigenvalue weighted by atomic mass is 35.5. The Hall–Kier alpha value is -1.23. The molecule has 3 nitrogen and oxygen atoms in total. The molecule has 0 amide bonds. The SMILES string of the molecule is O=S(=O)(Nc1ccccc1)c1cc(Cl)ccc1CCl. The van der Waals surface area contributed by atoms with Gasteiger partial charge in [0.05, 0.1) is 4.90 Å². The molecular weight excluding hydrogens is 305 g/mol. The highest BCUT2D eigenvalue weighted by Gasteiger charge is 2.18. The van der Waals surface area contributed by atoms with Crippen molar-refractivity contribution >= 4 is 38.9 Å². The van der Waals surface area contributed by atoms with Crippen molar-refractivity contribution in [3.05, 3.63) is 59.1 Å². The van der Waals surface area contributed by atoms with Crippen LogP contribution in [0.5, 0.6) is 0 Å². The number of hydrogen-bond acceptors (Lipinski definition) is 2. The molecule has 0 heterocycles. The van der Waals surface area contributed by atoms with E-state index in [1.54, 1.807) is 42.5 Å². The monoisotopic (exact) mass is 315 g/mol. The molecule has 0 bridgehead atoms. The van der Waals surface area contributed by atoms with Crippen LogP contribution in [0.4, 0.5) is 5.69 Å². The molecule has 0 aromatic heterocycles. The van der Waals surface area contributed by atoms with Gasteiger partial charge in [0.25, 0.3) is 10.0 Å². The van der Waals surface area contributed by atoms with E-state index in [9.17, 15) is 8.42 Å². The fourth-order valence-corrected chi connectivity index (χ4v) is 3.48. The maximum atomic E-state index is 12.3. The lowest BCUT2D eigenvalue weighted by Gasteiger charge is -2.11. The van der Waals surface area contributed by atoms with E-state index in [1.807, 2.05) is 0 Å². The summed E-state index contributed by atoms with van der Waals surface area (Å²) in [5.41, 5.74) is 0.998. The zero-order valence-corrected chi connectivity index (χ0v) is 12.1. The lowest BCUT2D eigenvalue weighted by molar-refractivity contribution is 0.600. The largest absolute Gasteiger partial charge is 0.280 e. The van der Waals surface area contributed by atoms with Gasteiger partial charge in [-0.1, -0.05) is 35.9 Å². The molecule has 0 aliphatic heterocycles. The second-order valence-corrected chi connectivity index (χ2v) is 6.21. The first kappa shape index (κ1) is 14.2. The summed E-state index contributed by atoms with van der Waals surface area (Å²) in [6.45, 7) is 0. The number of hydrogen-bond donors (Lipinski definition) is 1. The molecule has 2 aromatic rings. The van der Waals surface area contributed by atoms with E-state index in [0.29, 0.717) is 16.3 Å². The van der Waals surface area contributed by atoms with Gasteiger partial charge in [0.2, 0.25) is 0 Å². The molecule has 0 saturated carbocycles. The number of alkyl halides is 1. The van der Waals surface area contributed by atoms with E-state index in [-0.39, 0.29) is 10.8 Å². The summed E-state index contributed by atoms with van der Waals surface area (Å²) >= 11 is 11.6.